The number of ether oxygens (including phenoxy) is 1. The lowest BCUT2D eigenvalue weighted by atomic mass is 9.98. The zero-order valence-corrected chi connectivity index (χ0v) is 11.8. The van der Waals surface area contributed by atoms with Gasteiger partial charge in [0, 0.05) is 5.69 Å². The van der Waals surface area contributed by atoms with Crippen LogP contribution in [0.25, 0.3) is 0 Å². The van der Waals surface area contributed by atoms with E-state index in [-0.39, 0.29) is 17.2 Å². The molecule has 0 radical (unpaired) electrons. The van der Waals surface area contributed by atoms with Crippen LogP contribution in [0.1, 0.15) is 30.6 Å². The van der Waals surface area contributed by atoms with Crippen LogP contribution in [0.2, 0.25) is 0 Å². The maximum absolute atomic E-state index is 12.2. The average Bonchev–Trinajstić information content (AvgIpc) is 2.43. The van der Waals surface area contributed by atoms with Crippen molar-refractivity contribution in [3.8, 4) is 5.75 Å². The summed E-state index contributed by atoms with van der Waals surface area (Å²) in [7, 11) is 1.48. The quantitative estimate of drug-likeness (QED) is 0.685. The van der Waals surface area contributed by atoms with Crippen molar-refractivity contribution in [3.63, 3.8) is 0 Å². The fraction of sp³-hybridized carbons (Fsp3) is 0.429. The van der Waals surface area contributed by atoms with Crippen molar-refractivity contribution in [3.05, 3.63) is 23.8 Å². The van der Waals surface area contributed by atoms with Crippen LogP contribution in [-0.2, 0) is 4.79 Å². The summed E-state index contributed by atoms with van der Waals surface area (Å²) >= 11 is 0. The molecule has 1 amide bonds. The van der Waals surface area contributed by atoms with Crippen LogP contribution in [0.5, 0.6) is 5.75 Å². The van der Waals surface area contributed by atoms with Gasteiger partial charge in [-0.3, -0.25) is 4.79 Å². The molecule has 0 saturated heterocycles. The molecule has 1 aromatic rings. The Morgan fingerprint density at radius 2 is 2.10 bits per heavy atom. The number of anilines is 1. The van der Waals surface area contributed by atoms with Gasteiger partial charge >= 0.3 is 5.97 Å². The third-order valence-corrected chi connectivity index (χ3v) is 3.27. The normalized spacial score (nSPS) is 13.3. The van der Waals surface area contributed by atoms with Gasteiger partial charge in [0.1, 0.15) is 11.8 Å². The van der Waals surface area contributed by atoms with Crippen molar-refractivity contribution in [2.75, 3.05) is 12.8 Å². The molecule has 1 rings (SSSR count). The number of nitrogens with one attached hydrogen (secondary N) is 1. The van der Waals surface area contributed by atoms with Crippen molar-refractivity contribution < 1.29 is 19.4 Å². The lowest BCUT2D eigenvalue weighted by Gasteiger charge is -2.20. The molecule has 0 aliphatic carbocycles. The first-order valence-electron chi connectivity index (χ1n) is 6.37. The Morgan fingerprint density at radius 1 is 1.45 bits per heavy atom. The van der Waals surface area contributed by atoms with Gasteiger partial charge in [0.2, 0.25) is 0 Å². The fourth-order valence-corrected chi connectivity index (χ4v) is 1.76. The number of hydrogen-bond donors (Lipinski definition) is 3. The van der Waals surface area contributed by atoms with Crippen molar-refractivity contribution in [2.45, 2.75) is 26.3 Å². The summed E-state index contributed by atoms with van der Waals surface area (Å²) in [5.74, 6) is -1.27. The summed E-state index contributed by atoms with van der Waals surface area (Å²) in [6.45, 7) is 3.64. The number of carbonyl (C=O) groups is 2. The number of hydrogen-bond acceptors (Lipinski definition) is 4. The zero-order chi connectivity index (χ0) is 15.3. The number of nitrogens with two attached hydrogens (primary N) is 1. The van der Waals surface area contributed by atoms with E-state index >= 15 is 0 Å². The molecule has 6 heteroatoms. The molecule has 0 aromatic heterocycles. The number of carboxylic acid groups (broad SMARTS) is 1. The number of nitrogen functional groups attached to an aromatic ring is 1. The standard InChI is InChI=1S/C14H20N2O4/c1-4-8(2)12(14(18)19)16-13(17)10-7-9(20-3)5-6-11(10)15/h5-8,12H,4,15H2,1-3H3,(H,16,17)(H,18,19)/t8?,12-/m0/s1. The Kier molecular flexibility index (Phi) is 5.37. The van der Waals surface area contributed by atoms with Crippen LogP contribution in [0.4, 0.5) is 5.69 Å². The molecule has 0 bridgehead atoms. The van der Waals surface area contributed by atoms with Crippen LogP contribution in [0, 0.1) is 5.92 Å². The first-order chi connectivity index (χ1) is 9.40. The number of benzene rings is 1. The number of methoxy groups -OCH3 is 1. The predicted octanol–water partition coefficient (Wildman–Crippen LogP) is 1.51. The van der Waals surface area contributed by atoms with Crippen LogP contribution in [0.15, 0.2) is 18.2 Å². The highest BCUT2D eigenvalue weighted by Crippen LogP contribution is 2.20. The van der Waals surface area contributed by atoms with E-state index in [9.17, 15) is 9.59 Å². The van der Waals surface area contributed by atoms with E-state index in [1.54, 1.807) is 19.1 Å². The van der Waals surface area contributed by atoms with Gasteiger partial charge in [0.05, 0.1) is 12.7 Å². The van der Waals surface area contributed by atoms with Crippen molar-refractivity contribution in [1.29, 1.82) is 0 Å². The van der Waals surface area contributed by atoms with E-state index < -0.39 is 17.9 Å². The topological polar surface area (TPSA) is 102 Å². The molecule has 4 N–H and O–H groups in total. The van der Waals surface area contributed by atoms with Gasteiger partial charge in [-0.15, -0.1) is 0 Å². The van der Waals surface area contributed by atoms with Gasteiger partial charge < -0.3 is 20.9 Å². The van der Waals surface area contributed by atoms with Crippen LogP contribution in [-0.4, -0.2) is 30.1 Å². The molecule has 0 spiro atoms. The van der Waals surface area contributed by atoms with Gasteiger partial charge in [0.15, 0.2) is 0 Å². The van der Waals surface area contributed by atoms with E-state index in [1.165, 1.54) is 13.2 Å². The maximum atomic E-state index is 12.2. The molecule has 0 aliphatic rings. The molecule has 20 heavy (non-hydrogen) atoms. The predicted molar refractivity (Wildman–Crippen MR) is 75.8 cm³/mol. The number of carboxylic acids is 1. The summed E-state index contributed by atoms with van der Waals surface area (Å²) in [6, 6.07) is 3.72. The molecule has 0 heterocycles. The van der Waals surface area contributed by atoms with E-state index in [0.29, 0.717) is 12.2 Å². The molecule has 1 unspecified atom stereocenters. The summed E-state index contributed by atoms with van der Waals surface area (Å²) in [6.07, 6.45) is 0.644. The Morgan fingerprint density at radius 3 is 2.60 bits per heavy atom. The highest BCUT2D eigenvalue weighted by molar-refractivity contribution is 6.01. The number of carbonyl (C=O) groups excluding carboxylic acids is 1. The minimum Gasteiger partial charge on any atom is -0.497 e. The summed E-state index contributed by atoms with van der Waals surface area (Å²) in [5, 5.41) is 11.7. The van der Waals surface area contributed by atoms with Crippen LogP contribution < -0.4 is 15.8 Å². The minimum absolute atomic E-state index is 0.178. The first kappa shape index (κ1) is 15.8. The van der Waals surface area contributed by atoms with Crippen LogP contribution in [0.3, 0.4) is 0 Å². The summed E-state index contributed by atoms with van der Waals surface area (Å²) in [4.78, 5) is 23.4. The third kappa shape index (κ3) is 3.63. The molecular weight excluding hydrogens is 260 g/mol. The smallest absolute Gasteiger partial charge is 0.326 e. The molecule has 110 valence electrons. The molecule has 1 aromatic carbocycles. The summed E-state index contributed by atoms with van der Waals surface area (Å²) < 4.78 is 5.03. The van der Waals surface area contributed by atoms with Crippen molar-refractivity contribution >= 4 is 17.6 Å². The van der Waals surface area contributed by atoms with Gasteiger partial charge in [-0.25, -0.2) is 4.79 Å². The average molecular weight is 280 g/mol. The van der Waals surface area contributed by atoms with Crippen LogP contribution >= 0.6 is 0 Å². The second kappa shape index (κ2) is 6.79. The van der Waals surface area contributed by atoms with Gasteiger partial charge in [-0.05, 0) is 24.1 Å². The fourth-order valence-electron chi connectivity index (χ4n) is 1.76. The molecule has 0 saturated carbocycles. The largest absolute Gasteiger partial charge is 0.497 e. The number of rotatable bonds is 6. The second-order valence-electron chi connectivity index (χ2n) is 4.63. The first-order valence-corrected chi connectivity index (χ1v) is 6.37. The Balaban J connectivity index is 2.97. The molecule has 0 aliphatic heterocycles. The van der Waals surface area contributed by atoms with Crippen molar-refractivity contribution in [1.82, 2.24) is 5.32 Å². The molecule has 2 atom stereocenters. The lowest BCUT2D eigenvalue weighted by molar-refractivity contribution is -0.140. The summed E-state index contributed by atoms with van der Waals surface area (Å²) in [5.41, 5.74) is 6.22. The highest BCUT2D eigenvalue weighted by Gasteiger charge is 2.26. The van der Waals surface area contributed by atoms with Gasteiger partial charge in [0.25, 0.3) is 5.91 Å². The lowest BCUT2D eigenvalue weighted by Crippen LogP contribution is -2.45. The Hall–Kier alpha value is -2.24. The Bertz CT molecular complexity index is 502. The molecule has 6 nitrogen and oxygen atoms in total. The van der Waals surface area contributed by atoms with Gasteiger partial charge in [-0.1, -0.05) is 20.3 Å². The minimum atomic E-state index is -1.06. The van der Waals surface area contributed by atoms with Crippen molar-refractivity contribution in [2.24, 2.45) is 5.92 Å². The van der Waals surface area contributed by atoms with E-state index in [4.69, 9.17) is 15.6 Å². The monoisotopic (exact) mass is 280 g/mol. The third-order valence-electron chi connectivity index (χ3n) is 3.27. The SMILES string of the molecule is CCC(C)[C@H](NC(=O)c1cc(OC)ccc1N)C(=O)O. The zero-order valence-electron chi connectivity index (χ0n) is 11.8. The number of amides is 1. The molecular formula is C14H20N2O4. The molecule has 0 fully saturated rings. The highest BCUT2D eigenvalue weighted by atomic mass is 16.5. The van der Waals surface area contributed by atoms with E-state index in [1.807, 2.05) is 6.92 Å². The Labute approximate surface area is 117 Å². The second-order valence-corrected chi connectivity index (χ2v) is 4.63. The van der Waals surface area contributed by atoms with E-state index in [0.717, 1.165) is 0 Å². The number of aliphatic carboxylic acids is 1. The van der Waals surface area contributed by atoms with E-state index in [2.05, 4.69) is 5.32 Å². The van der Waals surface area contributed by atoms with Gasteiger partial charge in [-0.2, -0.15) is 0 Å². The maximum Gasteiger partial charge on any atom is 0.326 e.